The van der Waals surface area contributed by atoms with Crippen LogP contribution in [0.1, 0.15) is 54.2 Å². The van der Waals surface area contributed by atoms with Crippen molar-refractivity contribution in [1.82, 2.24) is 9.88 Å². The van der Waals surface area contributed by atoms with E-state index >= 15 is 0 Å². The molecule has 0 saturated heterocycles. The maximum absolute atomic E-state index is 13.6. The fourth-order valence-electron chi connectivity index (χ4n) is 3.80. The number of pyridine rings is 1. The molecule has 6 heteroatoms. The molecule has 0 radical (unpaired) electrons. The third-order valence-corrected chi connectivity index (χ3v) is 5.47. The highest BCUT2D eigenvalue weighted by molar-refractivity contribution is 6.11. The van der Waals surface area contributed by atoms with E-state index in [0.717, 1.165) is 18.5 Å². The maximum atomic E-state index is 13.6. The smallest absolute Gasteiger partial charge is 0.256 e. The lowest BCUT2D eigenvalue weighted by atomic mass is 10.0. The number of anilines is 1. The Balaban J connectivity index is 1.86. The summed E-state index contributed by atoms with van der Waals surface area (Å²) in [6, 6.07) is 14.8. The first-order valence-electron chi connectivity index (χ1n) is 10.8. The molecule has 0 unspecified atom stereocenters. The van der Waals surface area contributed by atoms with Gasteiger partial charge in [0.25, 0.3) is 5.56 Å². The number of ketones is 1. The second kappa shape index (κ2) is 9.92. The number of carbonyl (C=O) groups is 1. The van der Waals surface area contributed by atoms with Crippen molar-refractivity contribution in [2.45, 2.75) is 46.7 Å². The van der Waals surface area contributed by atoms with Crippen molar-refractivity contribution in [3.05, 3.63) is 93.0 Å². The van der Waals surface area contributed by atoms with Gasteiger partial charge in [-0.25, -0.2) is 4.39 Å². The summed E-state index contributed by atoms with van der Waals surface area (Å²) < 4.78 is 14.9. The summed E-state index contributed by atoms with van der Waals surface area (Å²) in [5.41, 5.74) is 8.49. The lowest BCUT2D eigenvalue weighted by Gasteiger charge is -2.16. The average molecular weight is 436 g/mol. The van der Waals surface area contributed by atoms with Crippen LogP contribution in [-0.2, 0) is 6.54 Å². The van der Waals surface area contributed by atoms with Gasteiger partial charge in [-0.2, -0.15) is 0 Å². The zero-order valence-electron chi connectivity index (χ0n) is 19.0. The monoisotopic (exact) mass is 435 g/mol. The van der Waals surface area contributed by atoms with Crippen molar-refractivity contribution in [3.8, 4) is 5.69 Å². The minimum Gasteiger partial charge on any atom is -0.384 e. The highest BCUT2D eigenvalue weighted by Gasteiger charge is 2.17. The average Bonchev–Trinajstić information content (AvgIpc) is 2.74. The van der Waals surface area contributed by atoms with Crippen LogP contribution in [0.25, 0.3) is 5.69 Å². The fourth-order valence-corrected chi connectivity index (χ4v) is 3.80. The van der Waals surface area contributed by atoms with Crippen LogP contribution in [0.2, 0.25) is 0 Å². The van der Waals surface area contributed by atoms with Gasteiger partial charge in [0, 0.05) is 24.2 Å². The number of carbonyl (C=O) groups excluding carboxylic acids is 1. The van der Waals surface area contributed by atoms with E-state index in [1.165, 1.54) is 34.9 Å². The minimum atomic E-state index is -0.382. The third kappa shape index (κ3) is 5.32. The Morgan fingerprint density at radius 1 is 1.06 bits per heavy atom. The van der Waals surface area contributed by atoms with E-state index in [9.17, 15) is 14.0 Å². The third-order valence-electron chi connectivity index (χ3n) is 5.47. The molecule has 5 nitrogen and oxygen atoms in total. The number of aryl methyl sites for hydroxylation is 1. The normalized spacial score (nSPS) is 12.2. The lowest BCUT2D eigenvalue weighted by Crippen LogP contribution is -2.27. The summed E-state index contributed by atoms with van der Waals surface area (Å²) in [6.45, 7) is 8.88. The van der Waals surface area contributed by atoms with Crippen LogP contribution in [0.15, 0.2) is 59.4 Å². The number of nitrogens with zero attached hydrogens (tertiary/aromatic N) is 1. The molecule has 0 amide bonds. The number of hydrogen-bond acceptors (Lipinski definition) is 4. The summed E-state index contributed by atoms with van der Waals surface area (Å²) in [6.07, 6.45) is 1.10. The Hall–Kier alpha value is -3.25. The number of rotatable bonds is 8. The molecule has 1 aromatic heterocycles. The van der Waals surface area contributed by atoms with Crippen LogP contribution in [0.4, 0.5) is 10.2 Å². The first-order valence-corrected chi connectivity index (χ1v) is 10.8. The van der Waals surface area contributed by atoms with Gasteiger partial charge in [-0.05, 0) is 73.7 Å². The van der Waals surface area contributed by atoms with E-state index in [1.54, 1.807) is 6.92 Å². The summed E-state index contributed by atoms with van der Waals surface area (Å²) in [5.74, 6) is -0.0589. The van der Waals surface area contributed by atoms with Gasteiger partial charge in [0.05, 0.1) is 11.3 Å². The molecule has 1 atom stereocenters. The fraction of sp³-hybridized carbons (Fsp3) is 0.308. The van der Waals surface area contributed by atoms with Crippen LogP contribution in [-0.4, -0.2) is 16.4 Å². The first-order chi connectivity index (χ1) is 15.2. The lowest BCUT2D eigenvalue weighted by molar-refractivity contribution is 0.103. The van der Waals surface area contributed by atoms with E-state index in [-0.39, 0.29) is 28.5 Å². The molecule has 0 fully saturated rings. The molecule has 0 saturated carbocycles. The van der Waals surface area contributed by atoms with Gasteiger partial charge < -0.3 is 11.1 Å². The number of aromatic nitrogens is 1. The molecule has 0 aliphatic carbocycles. The summed E-state index contributed by atoms with van der Waals surface area (Å²) in [5, 5.41) is 3.50. The second-order valence-electron chi connectivity index (χ2n) is 8.68. The SMILES string of the molecule is Cc1cc(C(=O)c2ccc(=O)n(-c3ccc(CN[C@@H](C)CC(C)C)cc3)c2N)ccc1F. The summed E-state index contributed by atoms with van der Waals surface area (Å²) in [7, 11) is 0. The van der Waals surface area contributed by atoms with Gasteiger partial charge >= 0.3 is 0 Å². The minimum absolute atomic E-state index is 0.0564. The van der Waals surface area contributed by atoms with Crippen LogP contribution in [0.5, 0.6) is 0 Å². The predicted molar refractivity (Wildman–Crippen MR) is 127 cm³/mol. The molecule has 0 bridgehead atoms. The first kappa shape index (κ1) is 23.4. The van der Waals surface area contributed by atoms with Crippen molar-refractivity contribution in [2.24, 2.45) is 5.92 Å². The Morgan fingerprint density at radius 2 is 1.75 bits per heavy atom. The van der Waals surface area contributed by atoms with Gasteiger partial charge in [-0.1, -0.05) is 26.0 Å². The maximum Gasteiger partial charge on any atom is 0.256 e. The Labute approximate surface area is 188 Å². The number of hydrogen-bond donors (Lipinski definition) is 2. The van der Waals surface area contributed by atoms with Crippen molar-refractivity contribution in [1.29, 1.82) is 0 Å². The van der Waals surface area contributed by atoms with Gasteiger partial charge in [-0.3, -0.25) is 14.2 Å². The van der Waals surface area contributed by atoms with E-state index in [2.05, 4.69) is 26.1 Å². The van der Waals surface area contributed by atoms with Gasteiger partial charge in [-0.15, -0.1) is 0 Å². The molecule has 168 valence electrons. The number of nitrogens with one attached hydrogen (secondary N) is 1. The summed E-state index contributed by atoms with van der Waals surface area (Å²) >= 11 is 0. The molecule has 0 aliphatic rings. The van der Waals surface area contributed by atoms with E-state index in [0.29, 0.717) is 28.8 Å². The van der Waals surface area contributed by atoms with Crippen molar-refractivity contribution in [2.75, 3.05) is 5.73 Å². The van der Waals surface area contributed by atoms with Crippen LogP contribution in [0, 0.1) is 18.7 Å². The van der Waals surface area contributed by atoms with E-state index in [1.807, 2.05) is 24.3 Å². The molecule has 3 N–H and O–H groups in total. The van der Waals surface area contributed by atoms with Gasteiger partial charge in [0.2, 0.25) is 0 Å². The quantitative estimate of drug-likeness (QED) is 0.506. The zero-order valence-corrected chi connectivity index (χ0v) is 19.0. The molecule has 0 aliphatic heterocycles. The molecule has 32 heavy (non-hydrogen) atoms. The van der Waals surface area contributed by atoms with Crippen molar-refractivity contribution >= 4 is 11.6 Å². The summed E-state index contributed by atoms with van der Waals surface area (Å²) in [4.78, 5) is 25.5. The molecule has 1 heterocycles. The standard InChI is InChI=1S/C26H30FN3O2/c1-16(2)13-18(4)29-15-19-5-8-21(9-6-19)30-24(31)12-10-22(26(30)28)25(32)20-7-11-23(27)17(3)14-20/h5-12,14,16,18,29H,13,15,28H2,1-4H3/t18-/m0/s1. The molecule has 3 aromatic rings. The Morgan fingerprint density at radius 3 is 2.38 bits per heavy atom. The predicted octanol–water partition coefficient (Wildman–Crippen LogP) is 4.62. The highest BCUT2D eigenvalue weighted by Crippen LogP contribution is 2.20. The Kier molecular flexibility index (Phi) is 7.26. The molecular weight excluding hydrogens is 405 g/mol. The van der Waals surface area contributed by atoms with Gasteiger partial charge in [0.15, 0.2) is 5.78 Å². The largest absolute Gasteiger partial charge is 0.384 e. The number of nitrogen functional groups attached to an aromatic ring is 1. The molecule has 2 aromatic carbocycles. The van der Waals surface area contributed by atoms with Crippen molar-refractivity contribution < 1.29 is 9.18 Å². The topological polar surface area (TPSA) is 77.1 Å². The number of halogens is 1. The highest BCUT2D eigenvalue weighted by atomic mass is 19.1. The Bertz CT molecular complexity index is 1170. The van der Waals surface area contributed by atoms with Crippen LogP contribution < -0.4 is 16.6 Å². The van der Waals surface area contributed by atoms with Crippen molar-refractivity contribution in [3.63, 3.8) is 0 Å². The number of benzene rings is 2. The van der Waals surface area contributed by atoms with Gasteiger partial charge in [0.1, 0.15) is 11.6 Å². The van der Waals surface area contributed by atoms with Crippen LogP contribution >= 0.6 is 0 Å². The van der Waals surface area contributed by atoms with E-state index < -0.39 is 0 Å². The second-order valence-corrected chi connectivity index (χ2v) is 8.68. The number of nitrogens with two attached hydrogens (primary N) is 1. The molecular formula is C26H30FN3O2. The molecule has 3 rings (SSSR count). The zero-order chi connectivity index (χ0) is 23.4. The van der Waals surface area contributed by atoms with Crippen LogP contribution in [0.3, 0.4) is 0 Å². The van der Waals surface area contributed by atoms with E-state index in [4.69, 9.17) is 5.73 Å². The molecule has 0 spiro atoms.